The van der Waals surface area contributed by atoms with Gasteiger partial charge >= 0.3 is 0 Å². The Kier molecular flexibility index (Phi) is 6.96. The first-order valence-corrected chi connectivity index (χ1v) is 11.1. The summed E-state index contributed by atoms with van der Waals surface area (Å²) in [4.78, 5) is 20.2. The molecule has 0 radical (unpaired) electrons. The quantitative estimate of drug-likeness (QED) is 0.396. The monoisotopic (exact) mass is 450 g/mol. The number of anilines is 2. The fraction of sp³-hybridized carbons (Fsp3) is 0.118. The van der Waals surface area contributed by atoms with Gasteiger partial charge in [0.2, 0.25) is 5.91 Å². The minimum absolute atomic E-state index is 0.0176. The number of hydrogen-bond acceptors (Lipinski definition) is 8. The van der Waals surface area contributed by atoms with Crippen molar-refractivity contribution in [2.45, 2.75) is 16.5 Å². The first kappa shape index (κ1) is 21.0. The Morgan fingerprint density at radius 3 is 2.41 bits per heavy atom. The number of nitrogens with one attached hydrogen (secondary N) is 2. The van der Waals surface area contributed by atoms with Gasteiger partial charge in [0, 0.05) is 30.3 Å². The first-order valence-electron chi connectivity index (χ1n) is 8.24. The molecule has 0 spiro atoms. The predicted octanol–water partition coefficient (Wildman–Crippen LogP) is 2.84. The van der Waals surface area contributed by atoms with Gasteiger partial charge in [-0.05, 0) is 42.5 Å². The van der Waals surface area contributed by atoms with Crippen molar-refractivity contribution in [3.05, 3.63) is 60.0 Å². The number of aromatic nitrogens is 4. The lowest BCUT2D eigenvalue weighted by atomic mass is 10.3. The molecule has 3 aromatic rings. The van der Waals surface area contributed by atoms with E-state index in [0.29, 0.717) is 16.6 Å². The van der Waals surface area contributed by atoms with Crippen LogP contribution < -0.4 is 10.0 Å². The summed E-state index contributed by atoms with van der Waals surface area (Å²) in [6.45, 7) is 0. The Morgan fingerprint density at radius 1 is 1.03 bits per heavy atom. The zero-order valence-corrected chi connectivity index (χ0v) is 17.2. The van der Waals surface area contributed by atoms with Crippen molar-refractivity contribution in [2.24, 2.45) is 0 Å². The fourth-order valence-electron chi connectivity index (χ4n) is 2.10. The number of amides is 1. The van der Waals surface area contributed by atoms with Gasteiger partial charge in [-0.2, -0.15) is 0 Å². The van der Waals surface area contributed by atoms with E-state index < -0.39 is 10.0 Å². The highest BCUT2D eigenvalue weighted by atomic mass is 35.5. The van der Waals surface area contributed by atoms with Crippen LogP contribution in [0.25, 0.3) is 0 Å². The molecule has 0 saturated heterocycles. The Hall–Kier alpha value is -2.76. The van der Waals surface area contributed by atoms with E-state index >= 15 is 0 Å². The number of nitrogens with zero attached hydrogens (tertiary/aromatic N) is 4. The summed E-state index contributed by atoms with van der Waals surface area (Å²) in [5.74, 6) is 0.374. The number of sulfonamides is 1. The molecule has 2 heterocycles. The van der Waals surface area contributed by atoms with Gasteiger partial charge in [0.15, 0.2) is 16.1 Å². The molecule has 1 aromatic carbocycles. The van der Waals surface area contributed by atoms with E-state index in [9.17, 15) is 13.2 Å². The molecule has 0 unspecified atom stereocenters. The Labute approximate surface area is 176 Å². The second kappa shape index (κ2) is 9.63. The van der Waals surface area contributed by atoms with Gasteiger partial charge in [-0.3, -0.25) is 9.52 Å². The van der Waals surface area contributed by atoms with Gasteiger partial charge in [0.1, 0.15) is 0 Å². The van der Waals surface area contributed by atoms with Crippen LogP contribution in [-0.2, 0) is 14.8 Å². The molecule has 0 aliphatic carbocycles. The Balaban J connectivity index is 1.53. The summed E-state index contributed by atoms with van der Waals surface area (Å²) >= 11 is 7.01. The van der Waals surface area contributed by atoms with Crippen LogP contribution in [0.15, 0.2) is 64.9 Å². The number of rotatable bonds is 8. The molecular weight excluding hydrogens is 436 g/mol. The lowest BCUT2D eigenvalue weighted by Crippen LogP contribution is -2.15. The lowest BCUT2D eigenvalue weighted by molar-refractivity contribution is -0.115. The standard InChI is InChI=1S/C17H15ClN6O3S2/c18-14-6-7-15(23-22-14)24-29(26,27)13-4-2-12(3-5-13)21-16(25)8-11-28-17-19-9-1-10-20-17/h1-7,9-10H,8,11H2,(H,21,25)(H,23,24). The van der Waals surface area contributed by atoms with Gasteiger partial charge in [-0.1, -0.05) is 23.4 Å². The van der Waals surface area contributed by atoms with Crippen molar-refractivity contribution in [3.63, 3.8) is 0 Å². The maximum Gasteiger partial charge on any atom is 0.263 e. The second-order valence-electron chi connectivity index (χ2n) is 5.55. The van der Waals surface area contributed by atoms with Crippen molar-refractivity contribution in [3.8, 4) is 0 Å². The van der Waals surface area contributed by atoms with E-state index in [1.165, 1.54) is 48.2 Å². The zero-order chi connectivity index (χ0) is 20.7. The molecule has 0 aliphatic rings. The minimum atomic E-state index is -3.84. The third-order valence-corrected chi connectivity index (χ3v) is 5.87. The van der Waals surface area contributed by atoms with Gasteiger partial charge in [0.05, 0.1) is 4.90 Å². The third kappa shape index (κ3) is 6.38. The summed E-state index contributed by atoms with van der Waals surface area (Å²) in [6.07, 6.45) is 3.54. The molecule has 9 nitrogen and oxygen atoms in total. The average Bonchev–Trinajstić information content (AvgIpc) is 2.71. The van der Waals surface area contributed by atoms with Crippen LogP contribution in [0.3, 0.4) is 0 Å². The molecule has 0 bridgehead atoms. The van der Waals surface area contributed by atoms with Crippen molar-refractivity contribution >= 4 is 50.8 Å². The molecule has 150 valence electrons. The Morgan fingerprint density at radius 2 is 1.76 bits per heavy atom. The van der Waals surface area contributed by atoms with Gasteiger partial charge in [-0.15, -0.1) is 10.2 Å². The normalized spacial score (nSPS) is 11.1. The maximum absolute atomic E-state index is 12.4. The third-order valence-electron chi connectivity index (χ3n) is 3.42. The summed E-state index contributed by atoms with van der Waals surface area (Å²) in [6, 6.07) is 10.3. The van der Waals surface area contributed by atoms with Crippen LogP contribution in [0, 0.1) is 0 Å². The highest BCUT2D eigenvalue weighted by Gasteiger charge is 2.15. The number of halogens is 1. The number of hydrogen-bond donors (Lipinski definition) is 2. The summed E-state index contributed by atoms with van der Waals surface area (Å²) in [5, 5.41) is 10.7. The van der Waals surface area contributed by atoms with E-state index in [1.54, 1.807) is 18.5 Å². The maximum atomic E-state index is 12.4. The summed E-state index contributed by atoms with van der Waals surface area (Å²) in [5.41, 5.74) is 0.487. The highest BCUT2D eigenvalue weighted by Crippen LogP contribution is 2.18. The Bertz CT molecular complexity index is 1060. The van der Waals surface area contributed by atoms with Crippen LogP contribution >= 0.6 is 23.4 Å². The smallest absolute Gasteiger partial charge is 0.263 e. The second-order valence-corrected chi connectivity index (χ2v) is 8.68. The predicted molar refractivity (Wildman–Crippen MR) is 110 cm³/mol. The topological polar surface area (TPSA) is 127 Å². The molecule has 12 heteroatoms. The van der Waals surface area contributed by atoms with E-state index in [4.69, 9.17) is 11.6 Å². The molecular formula is C17H15ClN6O3S2. The highest BCUT2D eigenvalue weighted by molar-refractivity contribution is 7.99. The molecule has 0 aliphatic heterocycles. The summed E-state index contributed by atoms with van der Waals surface area (Å²) in [7, 11) is -3.84. The van der Waals surface area contributed by atoms with Gasteiger partial charge in [0.25, 0.3) is 10.0 Å². The van der Waals surface area contributed by atoms with E-state index in [0.717, 1.165) is 0 Å². The first-order chi connectivity index (χ1) is 13.9. The minimum Gasteiger partial charge on any atom is -0.326 e. The molecule has 0 fully saturated rings. The SMILES string of the molecule is O=C(CCSc1ncccn1)Nc1ccc(S(=O)(=O)Nc2ccc(Cl)nn2)cc1. The molecule has 3 rings (SSSR count). The van der Waals surface area contributed by atoms with Gasteiger partial charge in [-0.25, -0.2) is 18.4 Å². The molecule has 1 amide bonds. The zero-order valence-electron chi connectivity index (χ0n) is 14.8. The van der Waals surface area contributed by atoms with Crippen molar-refractivity contribution in [1.82, 2.24) is 20.2 Å². The van der Waals surface area contributed by atoms with E-state index in [-0.39, 0.29) is 28.2 Å². The molecule has 2 aromatic heterocycles. The molecule has 0 saturated carbocycles. The van der Waals surface area contributed by atoms with Crippen LogP contribution in [0.5, 0.6) is 0 Å². The van der Waals surface area contributed by atoms with Gasteiger partial charge < -0.3 is 5.32 Å². The van der Waals surface area contributed by atoms with Crippen LogP contribution in [0.1, 0.15) is 6.42 Å². The van der Waals surface area contributed by atoms with Crippen molar-refractivity contribution < 1.29 is 13.2 Å². The number of carbonyl (C=O) groups is 1. The molecule has 2 N–H and O–H groups in total. The van der Waals surface area contributed by atoms with Crippen molar-refractivity contribution in [1.29, 1.82) is 0 Å². The molecule has 29 heavy (non-hydrogen) atoms. The lowest BCUT2D eigenvalue weighted by Gasteiger charge is -2.08. The number of carbonyl (C=O) groups excluding carboxylic acids is 1. The number of benzene rings is 1. The van der Waals surface area contributed by atoms with Crippen molar-refractivity contribution in [2.75, 3.05) is 15.8 Å². The average molecular weight is 451 g/mol. The van der Waals surface area contributed by atoms with Crippen LogP contribution in [0.4, 0.5) is 11.5 Å². The van der Waals surface area contributed by atoms with Crippen LogP contribution in [0.2, 0.25) is 5.15 Å². The largest absolute Gasteiger partial charge is 0.326 e. The van der Waals surface area contributed by atoms with Crippen LogP contribution in [-0.4, -0.2) is 40.2 Å². The summed E-state index contributed by atoms with van der Waals surface area (Å²) < 4.78 is 27.1. The van der Waals surface area contributed by atoms with E-state index in [1.807, 2.05) is 0 Å². The number of thioether (sulfide) groups is 1. The fourth-order valence-corrected chi connectivity index (χ4v) is 3.94. The molecule has 0 atom stereocenters. The van der Waals surface area contributed by atoms with E-state index in [2.05, 4.69) is 30.2 Å².